The highest BCUT2D eigenvalue weighted by Crippen LogP contribution is 2.38. The van der Waals surface area contributed by atoms with Crippen LogP contribution in [0, 0.1) is 5.92 Å². The van der Waals surface area contributed by atoms with Gasteiger partial charge in [0.25, 0.3) is 0 Å². The molecule has 0 amide bonds. The summed E-state index contributed by atoms with van der Waals surface area (Å²) in [6.07, 6.45) is 15.1. The van der Waals surface area contributed by atoms with Gasteiger partial charge in [0.15, 0.2) is 0 Å². The van der Waals surface area contributed by atoms with Crippen molar-refractivity contribution in [3.05, 3.63) is 23.8 Å². The third kappa shape index (κ3) is 2.34. The zero-order chi connectivity index (χ0) is 10.7. The Kier molecular flexibility index (Phi) is 3.30. The van der Waals surface area contributed by atoms with E-state index in [1.165, 1.54) is 32.1 Å². The molecule has 1 unspecified atom stereocenters. The average molecular weight is 206 g/mol. The summed E-state index contributed by atoms with van der Waals surface area (Å²) < 4.78 is 0. The van der Waals surface area contributed by atoms with Crippen LogP contribution in [0.15, 0.2) is 23.8 Å². The van der Waals surface area contributed by atoms with Crippen LogP contribution < -0.4 is 0 Å². The van der Waals surface area contributed by atoms with E-state index in [1.54, 1.807) is 0 Å². The fourth-order valence-electron chi connectivity index (χ4n) is 2.89. The third-order valence-electron chi connectivity index (χ3n) is 3.98. The summed E-state index contributed by atoms with van der Waals surface area (Å²) in [5.74, 6) is 0.472. The lowest BCUT2D eigenvalue weighted by Gasteiger charge is -2.37. The highest BCUT2D eigenvalue weighted by molar-refractivity contribution is 5.31. The maximum Gasteiger partial charge on any atom is 0.0893 e. The predicted octanol–water partition coefficient (Wildman–Crippen LogP) is 3.59. The Balaban J connectivity index is 2.09. The SMILES string of the molecule is CC(O)(C1=CCCC=C1)C1CCCCC1. The Bertz CT molecular complexity index is 267. The zero-order valence-electron chi connectivity index (χ0n) is 9.71. The van der Waals surface area contributed by atoms with Gasteiger partial charge in [0.1, 0.15) is 0 Å². The number of rotatable bonds is 2. The van der Waals surface area contributed by atoms with Crippen molar-refractivity contribution in [2.24, 2.45) is 5.92 Å². The van der Waals surface area contributed by atoms with E-state index in [-0.39, 0.29) is 0 Å². The minimum atomic E-state index is -0.586. The first kappa shape index (κ1) is 10.9. The Morgan fingerprint density at radius 3 is 2.53 bits per heavy atom. The fraction of sp³-hybridized carbons (Fsp3) is 0.714. The Hall–Kier alpha value is -0.560. The molecular formula is C14H22O. The molecule has 0 heterocycles. The lowest BCUT2D eigenvalue weighted by molar-refractivity contribution is 0.0196. The predicted molar refractivity (Wildman–Crippen MR) is 63.7 cm³/mol. The maximum atomic E-state index is 10.6. The third-order valence-corrected chi connectivity index (χ3v) is 3.98. The van der Waals surface area contributed by atoms with Crippen LogP contribution in [-0.2, 0) is 0 Å². The van der Waals surface area contributed by atoms with E-state index in [1.807, 2.05) is 6.92 Å². The minimum absolute atomic E-state index is 0.472. The van der Waals surface area contributed by atoms with Gasteiger partial charge in [-0.25, -0.2) is 0 Å². The van der Waals surface area contributed by atoms with Crippen LogP contribution in [0.25, 0.3) is 0 Å². The Morgan fingerprint density at radius 1 is 1.20 bits per heavy atom. The van der Waals surface area contributed by atoms with E-state index in [9.17, 15) is 5.11 Å². The number of hydrogen-bond acceptors (Lipinski definition) is 1. The molecule has 2 aliphatic rings. The molecule has 1 fully saturated rings. The molecule has 0 aliphatic heterocycles. The summed E-state index contributed by atoms with van der Waals surface area (Å²) in [7, 11) is 0. The molecule has 0 aromatic heterocycles. The molecule has 1 N–H and O–H groups in total. The van der Waals surface area contributed by atoms with Gasteiger partial charge in [-0.3, -0.25) is 0 Å². The van der Waals surface area contributed by atoms with Crippen LogP contribution in [-0.4, -0.2) is 10.7 Å². The number of allylic oxidation sites excluding steroid dienone is 2. The van der Waals surface area contributed by atoms with E-state index in [0.29, 0.717) is 5.92 Å². The lowest BCUT2D eigenvalue weighted by Crippen LogP contribution is -2.37. The van der Waals surface area contributed by atoms with Gasteiger partial charge < -0.3 is 5.11 Å². The van der Waals surface area contributed by atoms with Crippen molar-refractivity contribution in [2.75, 3.05) is 0 Å². The van der Waals surface area contributed by atoms with Gasteiger partial charge in [0.2, 0.25) is 0 Å². The molecule has 0 radical (unpaired) electrons. The highest BCUT2D eigenvalue weighted by atomic mass is 16.3. The molecule has 2 aliphatic carbocycles. The van der Waals surface area contributed by atoms with E-state index in [4.69, 9.17) is 0 Å². The Labute approximate surface area is 92.9 Å². The van der Waals surface area contributed by atoms with E-state index in [2.05, 4.69) is 18.2 Å². The summed E-state index contributed by atoms with van der Waals surface area (Å²) in [5.41, 5.74) is 0.567. The first-order chi connectivity index (χ1) is 7.21. The van der Waals surface area contributed by atoms with Gasteiger partial charge in [-0.15, -0.1) is 0 Å². The maximum absolute atomic E-state index is 10.6. The van der Waals surface area contributed by atoms with Gasteiger partial charge in [0.05, 0.1) is 5.60 Å². The highest BCUT2D eigenvalue weighted by Gasteiger charge is 2.35. The minimum Gasteiger partial charge on any atom is -0.385 e. The van der Waals surface area contributed by atoms with Gasteiger partial charge in [-0.05, 0) is 44.1 Å². The quantitative estimate of drug-likeness (QED) is 0.732. The Morgan fingerprint density at radius 2 is 1.93 bits per heavy atom. The van der Waals surface area contributed by atoms with Crippen molar-refractivity contribution in [2.45, 2.75) is 57.5 Å². The van der Waals surface area contributed by atoms with Crippen molar-refractivity contribution in [1.82, 2.24) is 0 Å². The largest absolute Gasteiger partial charge is 0.385 e. The normalized spacial score (nSPS) is 27.2. The summed E-state index contributed by atoms with van der Waals surface area (Å²) in [6.45, 7) is 2.00. The molecular weight excluding hydrogens is 184 g/mol. The number of aliphatic hydroxyl groups is 1. The first-order valence-corrected chi connectivity index (χ1v) is 6.31. The first-order valence-electron chi connectivity index (χ1n) is 6.31. The van der Waals surface area contributed by atoms with Gasteiger partial charge >= 0.3 is 0 Å². The second kappa shape index (κ2) is 4.52. The van der Waals surface area contributed by atoms with Gasteiger partial charge in [0, 0.05) is 0 Å². The molecule has 0 saturated heterocycles. The van der Waals surface area contributed by atoms with Crippen molar-refractivity contribution in [1.29, 1.82) is 0 Å². The summed E-state index contributed by atoms with van der Waals surface area (Å²) >= 11 is 0. The molecule has 0 spiro atoms. The summed E-state index contributed by atoms with van der Waals surface area (Å²) in [5, 5.41) is 10.6. The van der Waals surface area contributed by atoms with E-state index in [0.717, 1.165) is 18.4 Å². The van der Waals surface area contributed by atoms with Crippen molar-refractivity contribution >= 4 is 0 Å². The summed E-state index contributed by atoms with van der Waals surface area (Å²) in [6, 6.07) is 0. The average Bonchev–Trinajstić information content (AvgIpc) is 2.31. The van der Waals surface area contributed by atoms with Crippen LogP contribution in [0.1, 0.15) is 51.9 Å². The van der Waals surface area contributed by atoms with Crippen molar-refractivity contribution in [3.63, 3.8) is 0 Å². The standard InChI is InChI=1S/C14H22O/c1-14(15,12-8-4-2-5-9-12)13-10-6-3-7-11-13/h4,8-9,13,15H,2-3,5-7,10-11H2,1H3. The molecule has 1 heteroatoms. The van der Waals surface area contributed by atoms with Gasteiger partial charge in [-0.1, -0.05) is 37.5 Å². The van der Waals surface area contributed by atoms with Crippen LogP contribution in [0.3, 0.4) is 0 Å². The monoisotopic (exact) mass is 206 g/mol. The van der Waals surface area contributed by atoms with Crippen LogP contribution >= 0.6 is 0 Å². The van der Waals surface area contributed by atoms with E-state index >= 15 is 0 Å². The molecule has 15 heavy (non-hydrogen) atoms. The van der Waals surface area contributed by atoms with Gasteiger partial charge in [-0.2, -0.15) is 0 Å². The van der Waals surface area contributed by atoms with Crippen LogP contribution in [0.2, 0.25) is 0 Å². The number of hydrogen-bond donors (Lipinski definition) is 1. The van der Waals surface area contributed by atoms with E-state index < -0.39 is 5.60 Å². The smallest absolute Gasteiger partial charge is 0.0893 e. The molecule has 2 rings (SSSR count). The molecule has 84 valence electrons. The van der Waals surface area contributed by atoms with Crippen molar-refractivity contribution in [3.8, 4) is 0 Å². The second-order valence-electron chi connectivity index (χ2n) is 5.12. The molecule has 0 aromatic carbocycles. The molecule has 0 aromatic rings. The molecule has 1 saturated carbocycles. The van der Waals surface area contributed by atoms with Crippen LogP contribution in [0.5, 0.6) is 0 Å². The topological polar surface area (TPSA) is 20.2 Å². The lowest BCUT2D eigenvalue weighted by atomic mass is 9.73. The summed E-state index contributed by atoms with van der Waals surface area (Å²) in [4.78, 5) is 0. The molecule has 0 bridgehead atoms. The molecule has 1 nitrogen and oxygen atoms in total. The van der Waals surface area contributed by atoms with Crippen LogP contribution in [0.4, 0.5) is 0 Å². The zero-order valence-corrected chi connectivity index (χ0v) is 9.71. The fourth-order valence-corrected chi connectivity index (χ4v) is 2.89. The van der Waals surface area contributed by atoms with Crippen molar-refractivity contribution < 1.29 is 5.11 Å². The molecule has 1 atom stereocenters. The second-order valence-corrected chi connectivity index (χ2v) is 5.12.